The minimum Gasteiger partial charge on any atom is -0.461 e. The van der Waals surface area contributed by atoms with Gasteiger partial charge >= 0.3 is 23.9 Å². The third-order valence-electron chi connectivity index (χ3n) is 2.97. The fourth-order valence-electron chi connectivity index (χ4n) is 1.87. The molecule has 0 radical (unpaired) electrons. The number of benzene rings is 1. The number of ether oxygens (including phenoxy) is 1. The number of aromatic nitrogens is 3. The standard InChI is InChI=1S/C13H9F6N3O3/c1-2-25-11(24)9-10(23)22(21-20-9)8-4-6(12(14,15)16)3-7(5-8)13(17,18)19/h3-5,21H,2H2,1H3. The third kappa shape index (κ3) is 3.83. The number of halogens is 6. The first kappa shape index (κ1) is 18.5. The van der Waals surface area contributed by atoms with Gasteiger partial charge in [-0.1, -0.05) is 0 Å². The highest BCUT2D eigenvalue weighted by molar-refractivity contribution is 5.86. The maximum absolute atomic E-state index is 12.8. The number of rotatable bonds is 3. The minimum atomic E-state index is -5.08. The average molecular weight is 369 g/mol. The molecule has 1 heterocycles. The van der Waals surface area contributed by atoms with E-state index in [1.165, 1.54) is 6.92 Å². The van der Waals surface area contributed by atoms with Crippen LogP contribution in [-0.4, -0.2) is 27.6 Å². The van der Waals surface area contributed by atoms with Gasteiger partial charge in [0.2, 0.25) is 5.69 Å². The van der Waals surface area contributed by atoms with Gasteiger partial charge in [-0.25, -0.2) is 14.7 Å². The second-order valence-corrected chi connectivity index (χ2v) is 4.69. The smallest absolute Gasteiger partial charge is 0.416 e. The summed E-state index contributed by atoms with van der Waals surface area (Å²) in [7, 11) is 0. The highest BCUT2D eigenvalue weighted by Crippen LogP contribution is 2.36. The number of esters is 1. The molecule has 0 aliphatic carbocycles. The van der Waals surface area contributed by atoms with Crippen LogP contribution in [0.15, 0.2) is 23.0 Å². The van der Waals surface area contributed by atoms with Crippen LogP contribution in [0, 0.1) is 0 Å². The maximum Gasteiger partial charge on any atom is 0.416 e. The molecule has 0 aliphatic rings. The first-order valence-corrected chi connectivity index (χ1v) is 6.59. The van der Waals surface area contributed by atoms with E-state index in [4.69, 9.17) is 0 Å². The predicted octanol–water partition coefficient (Wildman–Crippen LogP) is 2.77. The Hall–Kier alpha value is -2.79. The molecule has 0 saturated heterocycles. The number of H-pyrrole nitrogens is 1. The van der Waals surface area contributed by atoms with E-state index in [2.05, 4.69) is 9.84 Å². The molecule has 1 aromatic heterocycles. The summed E-state index contributed by atoms with van der Waals surface area (Å²) >= 11 is 0. The lowest BCUT2D eigenvalue weighted by atomic mass is 10.1. The zero-order chi connectivity index (χ0) is 19.0. The van der Waals surface area contributed by atoms with Gasteiger partial charge in [0, 0.05) is 0 Å². The van der Waals surface area contributed by atoms with Crippen LogP contribution in [-0.2, 0) is 17.1 Å². The third-order valence-corrected chi connectivity index (χ3v) is 2.97. The van der Waals surface area contributed by atoms with Crippen molar-refractivity contribution < 1.29 is 35.9 Å². The summed E-state index contributed by atoms with van der Waals surface area (Å²) in [5.74, 6) is -1.16. The number of carbonyl (C=O) groups excluding carboxylic acids is 1. The van der Waals surface area contributed by atoms with Crippen LogP contribution in [0.25, 0.3) is 5.69 Å². The summed E-state index contributed by atoms with van der Waals surface area (Å²) in [6, 6.07) is 0.560. The van der Waals surface area contributed by atoms with Gasteiger partial charge in [-0.05, 0) is 25.1 Å². The maximum atomic E-state index is 12.8. The van der Waals surface area contributed by atoms with E-state index in [0.29, 0.717) is 12.1 Å². The first-order valence-electron chi connectivity index (χ1n) is 6.59. The summed E-state index contributed by atoms with van der Waals surface area (Å²) in [6.45, 7) is 1.33. The molecule has 6 nitrogen and oxygen atoms in total. The number of alkyl halides is 6. The molecule has 12 heteroatoms. The molecule has 0 amide bonds. The molecular weight excluding hydrogens is 360 g/mol. The highest BCUT2D eigenvalue weighted by Gasteiger charge is 2.37. The van der Waals surface area contributed by atoms with Gasteiger partial charge in [-0.15, -0.1) is 5.10 Å². The van der Waals surface area contributed by atoms with E-state index >= 15 is 0 Å². The molecule has 0 spiro atoms. The molecule has 0 saturated carbocycles. The van der Waals surface area contributed by atoms with Crippen LogP contribution in [0.3, 0.4) is 0 Å². The molecule has 136 valence electrons. The zero-order valence-electron chi connectivity index (χ0n) is 12.3. The van der Waals surface area contributed by atoms with Gasteiger partial charge in [0.25, 0.3) is 0 Å². The van der Waals surface area contributed by atoms with Gasteiger partial charge in [-0.3, -0.25) is 4.79 Å². The Labute approximate surface area is 135 Å². The fraction of sp³-hybridized carbons (Fsp3) is 0.308. The van der Waals surface area contributed by atoms with E-state index in [-0.39, 0.29) is 17.4 Å². The van der Waals surface area contributed by atoms with Crippen molar-refractivity contribution in [1.82, 2.24) is 15.0 Å². The van der Waals surface area contributed by atoms with Crippen LogP contribution in [0.5, 0.6) is 0 Å². The Morgan fingerprint density at radius 3 is 2.08 bits per heavy atom. The van der Waals surface area contributed by atoms with Crippen molar-refractivity contribution in [2.75, 3.05) is 6.61 Å². The van der Waals surface area contributed by atoms with Crippen LogP contribution in [0.1, 0.15) is 28.5 Å². The van der Waals surface area contributed by atoms with Gasteiger partial charge in [0.05, 0.1) is 23.4 Å². The summed E-state index contributed by atoms with van der Waals surface area (Å²) in [5.41, 5.74) is -6.05. The monoisotopic (exact) mass is 369 g/mol. The Kier molecular flexibility index (Phi) is 4.64. The fourth-order valence-corrected chi connectivity index (χ4v) is 1.87. The van der Waals surface area contributed by atoms with Crippen LogP contribution in [0.2, 0.25) is 0 Å². The van der Waals surface area contributed by atoms with Gasteiger partial charge < -0.3 is 4.74 Å². The van der Waals surface area contributed by atoms with E-state index in [1.807, 2.05) is 5.21 Å². The number of nitrogens with zero attached hydrogens (tertiary/aromatic N) is 2. The Morgan fingerprint density at radius 2 is 1.64 bits per heavy atom. The Morgan fingerprint density at radius 1 is 1.12 bits per heavy atom. The molecular formula is C13H9F6N3O3. The van der Waals surface area contributed by atoms with Crippen molar-refractivity contribution in [2.24, 2.45) is 0 Å². The van der Waals surface area contributed by atoms with Gasteiger partial charge in [-0.2, -0.15) is 26.3 Å². The van der Waals surface area contributed by atoms with Gasteiger partial charge in [0.1, 0.15) is 0 Å². The first-order chi connectivity index (χ1) is 11.4. The lowest BCUT2D eigenvalue weighted by Crippen LogP contribution is -2.22. The van der Waals surface area contributed by atoms with E-state index in [9.17, 15) is 35.9 Å². The molecule has 1 N–H and O–H groups in total. The normalized spacial score (nSPS) is 12.3. The summed E-state index contributed by atoms with van der Waals surface area (Å²) in [5, 5.41) is 5.19. The summed E-state index contributed by atoms with van der Waals surface area (Å²) in [6.07, 6.45) is -10.2. The van der Waals surface area contributed by atoms with Crippen molar-refractivity contribution in [1.29, 1.82) is 0 Å². The SMILES string of the molecule is CCOC(=O)c1n[nH]n(-c2cc(C(F)(F)F)cc(C(F)(F)F)c2)c1=O. The van der Waals surface area contributed by atoms with Crippen molar-refractivity contribution in [2.45, 2.75) is 19.3 Å². The number of aromatic amines is 1. The molecule has 0 unspecified atom stereocenters. The number of nitrogens with one attached hydrogen (secondary N) is 1. The molecule has 1 aromatic carbocycles. The van der Waals surface area contributed by atoms with Gasteiger partial charge in [0.15, 0.2) is 0 Å². The van der Waals surface area contributed by atoms with Crippen molar-refractivity contribution in [3.63, 3.8) is 0 Å². The molecule has 0 fully saturated rings. The summed E-state index contributed by atoms with van der Waals surface area (Å²) in [4.78, 5) is 23.5. The molecule has 2 rings (SSSR count). The van der Waals surface area contributed by atoms with E-state index in [0.717, 1.165) is 0 Å². The average Bonchev–Trinajstić information content (AvgIpc) is 2.87. The Balaban J connectivity index is 2.64. The Bertz CT molecular complexity index is 818. The predicted molar refractivity (Wildman–Crippen MR) is 70.1 cm³/mol. The topological polar surface area (TPSA) is 77.0 Å². The van der Waals surface area contributed by atoms with E-state index < -0.39 is 46.4 Å². The minimum absolute atomic E-state index is 0.0861. The lowest BCUT2D eigenvalue weighted by molar-refractivity contribution is -0.143. The highest BCUT2D eigenvalue weighted by atomic mass is 19.4. The molecule has 25 heavy (non-hydrogen) atoms. The summed E-state index contributed by atoms with van der Waals surface area (Å²) < 4.78 is 81.8. The number of hydrogen-bond donors (Lipinski definition) is 1. The second-order valence-electron chi connectivity index (χ2n) is 4.69. The quantitative estimate of drug-likeness (QED) is 0.667. The number of hydrogen-bond acceptors (Lipinski definition) is 4. The molecule has 0 aliphatic heterocycles. The molecule has 0 atom stereocenters. The van der Waals surface area contributed by atoms with E-state index in [1.54, 1.807) is 0 Å². The lowest BCUT2D eigenvalue weighted by Gasteiger charge is -2.13. The molecule has 0 bridgehead atoms. The largest absolute Gasteiger partial charge is 0.461 e. The zero-order valence-corrected chi connectivity index (χ0v) is 12.3. The van der Waals surface area contributed by atoms with Crippen molar-refractivity contribution in [3.05, 3.63) is 45.4 Å². The van der Waals surface area contributed by atoms with Crippen LogP contribution >= 0.6 is 0 Å². The number of carbonyl (C=O) groups is 1. The molecule has 2 aromatic rings. The van der Waals surface area contributed by atoms with Crippen LogP contribution < -0.4 is 5.56 Å². The van der Waals surface area contributed by atoms with Crippen LogP contribution in [0.4, 0.5) is 26.3 Å². The van der Waals surface area contributed by atoms with Crippen molar-refractivity contribution in [3.8, 4) is 5.69 Å². The van der Waals surface area contributed by atoms with Crippen molar-refractivity contribution >= 4 is 5.97 Å². The second kappa shape index (κ2) is 6.26.